The van der Waals surface area contributed by atoms with E-state index in [1.165, 1.54) is 49.2 Å². The second-order valence-electron chi connectivity index (χ2n) is 5.69. The van der Waals surface area contributed by atoms with Gasteiger partial charge >= 0.3 is 0 Å². The van der Waals surface area contributed by atoms with Gasteiger partial charge in [-0.2, -0.15) is 0 Å². The minimum absolute atomic E-state index is 1.20. The fourth-order valence-corrected chi connectivity index (χ4v) is 3.62. The predicted octanol–water partition coefficient (Wildman–Crippen LogP) is 5.26. The highest BCUT2D eigenvalue weighted by atomic mass is 14.7. The van der Waals surface area contributed by atoms with E-state index >= 15 is 0 Å². The summed E-state index contributed by atoms with van der Waals surface area (Å²) in [5.74, 6) is 0. The van der Waals surface area contributed by atoms with Gasteiger partial charge in [0, 0.05) is 43.6 Å². The molecule has 5 rings (SSSR count). The van der Waals surface area contributed by atoms with E-state index in [1.54, 1.807) is 0 Å². The summed E-state index contributed by atoms with van der Waals surface area (Å²) in [5, 5.41) is 5.28. The summed E-state index contributed by atoms with van der Waals surface area (Å²) in [4.78, 5) is 7.07. The summed E-state index contributed by atoms with van der Waals surface area (Å²) in [5.41, 5.74) is 6.15. The summed E-state index contributed by atoms with van der Waals surface area (Å²) in [6.07, 6.45) is 0. The Morgan fingerprint density at radius 3 is 1.62 bits per heavy atom. The third kappa shape index (κ3) is 1.32. The highest BCUT2D eigenvalue weighted by Gasteiger charge is 2.13. The Labute approximate surface area is 121 Å². The monoisotopic (exact) mass is 270 g/mol. The standard InChI is InChI=1S/C19H14N2/c1-11-18-12-6-2-4-8-14(12)20-16(18)10-17-19(11)13-7-3-5-9-15(13)21-17/h2-10,20-21H,1H3. The molecular weight excluding hydrogens is 256 g/mol. The maximum Gasteiger partial charge on any atom is 0.0488 e. The molecule has 0 spiro atoms. The molecule has 0 bridgehead atoms. The van der Waals surface area contributed by atoms with Crippen LogP contribution >= 0.6 is 0 Å². The fourth-order valence-electron chi connectivity index (χ4n) is 3.62. The lowest BCUT2D eigenvalue weighted by Crippen LogP contribution is -1.78. The maximum atomic E-state index is 3.54. The smallest absolute Gasteiger partial charge is 0.0488 e. The molecule has 0 atom stereocenters. The molecule has 2 heterocycles. The normalized spacial score (nSPS) is 12.0. The van der Waals surface area contributed by atoms with Crippen molar-refractivity contribution in [1.82, 2.24) is 9.97 Å². The summed E-state index contributed by atoms with van der Waals surface area (Å²) in [6, 6.07) is 19.3. The van der Waals surface area contributed by atoms with Gasteiger partial charge in [0.05, 0.1) is 0 Å². The van der Waals surface area contributed by atoms with E-state index in [1.807, 2.05) is 0 Å². The van der Waals surface area contributed by atoms with Crippen molar-refractivity contribution >= 4 is 43.6 Å². The van der Waals surface area contributed by atoms with Crippen molar-refractivity contribution in [2.45, 2.75) is 6.92 Å². The van der Waals surface area contributed by atoms with Crippen molar-refractivity contribution in [2.75, 3.05) is 0 Å². The number of H-pyrrole nitrogens is 2. The molecule has 2 heteroatoms. The Kier molecular flexibility index (Phi) is 1.92. The molecule has 0 saturated heterocycles. The molecule has 5 aromatic rings. The number of benzene rings is 3. The van der Waals surface area contributed by atoms with Gasteiger partial charge in [-0.3, -0.25) is 0 Å². The van der Waals surface area contributed by atoms with Crippen molar-refractivity contribution in [1.29, 1.82) is 0 Å². The molecule has 0 saturated carbocycles. The van der Waals surface area contributed by atoms with E-state index in [0.717, 1.165) is 0 Å². The highest BCUT2D eigenvalue weighted by molar-refractivity contribution is 6.19. The molecule has 0 radical (unpaired) electrons. The Morgan fingerprint density at radius 2 is 1.10 bits per heavy atom. The van der Waals surface area contributed by atoms with Gasteiger partial charge in [-0.25, -0.2) is 0 Å². The molecule has 3 aromatic carbocycles. The molecule has 0 aliphatic heterocycles. The van der Waals surface area contributed by atoms with Crippen LogP contribution < -0.4 is 0 Å². The van der Waals surface area contributed by atoms with Crippen LogP contribution in [0.4, 0.5) is 0 Å². The van der Waals surface area contributed by atoms with Crippen LogP contribution in [0.15, 0.2) is 54.6 Å². The minimum Gasteiger partial charge on any atom is -0.354 e. The average molecular weight is 270 g/mol. The zero-order valence-electron chi connectivity index (χ0n) is 11.7. The molecule has 0 amide bonds. The van der Waals surface area contributed by atoms with Crippen LogP contribution in [0, 0.1) is 6.92 Å². The first-order valence-corrected chi connectivity index (χ1v) is 7.23. The number of aryl methyl sites for hydroxylation is 1. The van der Waals surface area contributed by atoms with Crippen LogP contribution in [0.5, 0.6) is 0 Å². The van der Waals surface area contributed by atoms with Crippen LogP contribution in [0.3, 0.4) is 0 Å². The zero-order chi connectivity index (χ0) is 14.0. The first kappa shape index (κ1) is 11.0. The highest BCUT2D eigenvalue weighted by Crippen LogP contribution is 2.36. The first-order valence-electron chi connectivity index (χ1n) is 7.23. The fraction of sp³-hybridized carbons (Fsp3) is 0.0526. The second-order valence-corrected chi connectivity index (χ2v) is 5.69. The van der Waals surface area contributed by atoms with Gasteiger partial charge in [0.2, 0.25) is 0 Å². The average Bonchev–Trinajstić information content (AvgIpc) is 3.04. The molecule has 21 heavy (non-hydrogen) atoms. The van der Waals surface area contributed by atoms with Gasteiger partial charge in [-0.15, -0.1) is 0 Å². The van der Waals surface area contributed by atoms with Crippen molar-refractivity contribution in [2.24, 2.45) is 0 Å². The number of rotatable bonds is 0. The number of aromatic nitrogens is 2. The Balaban J connectivity index is 2.12. The first-order chi connectivity index (χ1) is 10.3. The third-order valence-corrected chi connectivity index (χ3v) is 4.51. The molecule has 2 nitrogen and oxygen atoms in total. The summed E-state index contributed by atoms with van der Waals surface area (Å²) in [7, 11) is 0. The van der Waals surface area contributed by atoms with Gasteiger partial charge in [-0.1, -0.05) is 36.4 Å². The molecular formula is C19H14N2. The molecule has 2 N–H and O–H groups in total. The summed E-state index contributed by atoms with van der Waals surface area (Å²) < 4.78 is 0. The zero-order valence-corrected chi connectivity index (χ0v) is 11.7. The number of hydrogen-bond acceptors (Lipinski definition) is 0. The van der Waals surface area contributed by atoms with Crippen molar-refractivity contribution < 1.29 is 0 Å². The van der Waals surface area contributed by atoms with E-state index in [9.17, 15) is 0 Å². The number of aromatic amines is 2. The Morgan fingerprint density at radius 1 is 0.619 bits per heavy atom. The quantitative estimate of drug-likeness (QED) is 0.384. The van der Waals surface area contributed by atoms with Crippen LogP contribution in [0.1, 0.15) is 5.56 Å². The second kappa shape index (κ2) is 3.67. The Hall–Kier alpha value is -2.74. The lowest BCUT2D eigenvalue weighted by Gasteiger charge is -2.01. The van der Waals surface area contributed by atoms with Gasteiger partial charge in [0.1, 0.15) is 0 Å². The SMILES string of the molecule is Cc1c2c(cc3[nH]c4ccccc4c13)[nH]c1ccccc12. The lowest BCUT2D eigenvalue weighted by molar-refractivity contribution is 1.51. The van der Waals surface area contributed by atoms with Crippen molar-refractivity contribution in [3.05, 3.63) is 60.2 Å². The minimum atomic E-state index is 1.20. The van der Waals surface area contributed by atoms with Crippen LogP contribution in [-0.2, 0) is 0 Å². The van der Waals surface area contributed by atoms with Crippen LogP contribution in [0.2, 0.25) is 0 Å². The number of fused-ring (bicyclic) bond motifs is 6. The molecule has 0 aliphatic rings. The predicted molar refractivity (Wildman–Crippen MR) is 89.9 cm³/mol. The molecule has 2 aromatic heterocycles. The van der Waals surface area contributed by atoms with Gasteiger partial charge < -0.3 is 9.97 Å². The van der Waals surface area contributed by atoms with E-state index in [0.29, 0.717) is 0 Å². The molecule has 0 unspecified atom stereocenters. The van der Waals surface area contributed by atoms with E-state index < -0.39 is 0 Å². The van der Waals surface area contributed by atoms with Crippen LogP contribution in [-0.4, -0.2) is 9.97 Å². The third-order valence-electron chi connectivity index (χ3n) is 4.51. The lowest BCUT2D eigenvalue weighted by atomic mass is 10.0. The topological polar surface area (TPSA) is 31.6 Å². The van der Waals surface area contributed by atoms with Crippen molar-refractivity contribution in [3.63, 3.8) is 0 Å². The van der Waals surface area contributed by atoms with Crippen LogP contribution in [0.25, 0.3) is 43.6 Å². The van der Waals surface area contributed by atoms with Gasteiger partial charge in [-0.05, 0) is 30.7 Å². The maximum absolute atomic E-state index is 3.54. The van der Waals surface area contributed by atoms with E-state index in [-0.39, 0.29) is 0 Å². The number of nitrogens with one attached hydrogen (secondary N) is 2. The number of hydrogen-bond donors (Lipinski definition) is 2. The number of para-hydroxylation sites is 2. The van der Waals surface area contributed by atoms with E-state index in [2.05, 4.69) is 71.5 Å². The van der Waals surface area contributed by atoms with Crippen molar-refractivity contribution in [3.8, 4) is 0 Å². The van der Waals surface area contributed by atoms with Gasteiger partial charge in [0.15, 0.2) is 0 Å². The molecule has 100 valence electrons. The summed E-state index contributed by atoms with van der Waals surface area (Å²) in [6.45, 7) is 2.23. The molecule has 0 aliphatic carbocycles. The Bertz CT molecular complexity index is 1050. The van der Waals surface area contributed by atoms with E-state index in [4.69, 9.17) is 0 Å². The van der Waals surface area contributed by atoms with Gasteiger partial charge in [0.25, 0.3) is 0 Å². The molecule has 0 fully saturated rings. The summed E-state index contributed by atoms with van der Waals surface area (Å²) >= 11 is 0. The largest absolute Gasteiger partial charge is 0.354 e.